The summed E-state index contributed by atoms with van der Waals surface area (Å²) in [6.45, 7) is 0. The minimum Gasteiger partial charge on any atom is -0.489 e. The molecule has 1 aliphatic rings. The Balaban J connectivity index is 2.15. The summed E-state index contributed by atoms with van der Waals surface area (Å²) >= 11 is 0. The predicted octanol–water partition coefficient (Wildman–Crippen LogP) is 1.06. The molecule has 1 unspecified atom stereocenters. The molecule has 0 fully saturated rings. The first-order valence-electron chi connectivity index (χ1n) is 5.13. The van der Waals surface area contributed by atoms with Gasteiger partial charge in [-0.15, -0.1) is 0 Å². The molecule has 5 heteroatoms. The number of benzene rings is 1. The van der Waals surface area contributed by atoms with Gasteiger partial charge in [-0.25, -0.2) is 4.79 Å². The van der Waals surface area contributed by atoms with Crippen LogP contribution in [0.25, 0.3) is 0 Å². The highest BCUT2D eigenvalue weighted by Gasteiger charge is 2.29. The molecule has 1 N–H and O–H groups in total. The van der Waals surface area contributed by atoms with Gasteiger partial charge in [0, 0.05) is 6.42 Å². The van der Waals surface area contributed by atoms with Crippen LogP contribution in [0.4, 0.5) is 0 Å². The largest absolute Gasteiger partial charge is 0.489 e. The van der Waals surface area contributed by atoms with Gasteiger partial charge in [-0.1, -0.05) is 12.1 Å². The third-order valence-electron chi connectivity index (χ3n) is 2.55. The van der Waals surface area contributed by atoms with Gasteiger partial charge in [0.05, 0.1) is 12.0 Å². The van der Waals surface area contributed by atoms with Gasteiger partial charge in [0.2, 0.25) is 5.78 Å². The molecule has 0 spiro atoms. The molecule has 88 valence electrons. The number of carbonyl (C=O) groups is 3. The van der Waals surface area contributed by atoms with E-state index in [-0.39, 0.29) is 18.6 Å². The van der Waals surface area contributed by atoms with E-state index in [1.165, 1.54) is 0 Å². The molecule has 0 aromatic heterocycles. The lowest BCUT2D eigenvalue weighted by Crippen LogP contribution is -2.31. The van der Waals surface area contributed by atoms with Crippen LogP contribution in [0.15, 0.2) is 24.3 Å². The van der Waals surface area contributed by atoms with Gasteiger partial charge in [-0.3, -0.25) is 9.59 Å². The summed E-state index contributed by atoms with van der Waals surface area (Å²) in [5, 5.41) is 8.48. The number of Topliss-reactive ketones (excluding diaryl/α,β-unsaturated/α-hetero) is 2. The zero-order valence-corrected chi connectivity index (χ0v) is 8.88. The molecule has 0 radical (unpaired) electrons. The summed E-state index contributed by atoms with van der Waals surface area (Å²) < 4.78 is 5.42. The third-order valence-corrected chi connectivity index (χ3v) is 2.55. The molecule has 17 heavy (non-hydrogen) atoms. The molecule has 2 rings (SSSR count). The first-order chi connectivity index (χ1) is 8.08. The topological polar surface area (TPSA) is 80.7 Å². The highest BCUT2D eigenvalue weighted by Crippen LogP contribution is 2.28. The van der Waals surface area contributed by atoms with Crippen LogP contribution in [0.2, 0.25) is 0 Å². The molecule has 1 heterocycles. The van der Waals surface area contributed by atoms with E-state index < -0.39 is 17.9 Å². The molecular weight excluding hydrogens is 224 g/mol. The molecule has 1 aromatic rings. The lowest BCUT2D eigenvalue weighted by molar-refractivity contribution is -0.149. The number of hydrogen-bond acceptors (Lipinski definition) is 4. The number of para-hydroxylation sites is 1. The second kappa shape index (κ2) is 4.37. The number of carboxylic acid groups (broad SMARTS) is 1. The average Bonchev–Trinajstić information content (AvgIpc) is 2.29. The lowest BCUT2D eigenvalue weighted by Gasteiger charge is -2.24. The molecule has 5 nitrogen and oxygen atoms in total. The highest BCUT2D eigenvalue weighted by atomic mass is 16.5. The quantitative estimate of drug-likeness (QED) is 0.791. The fourth-order valence-corrected chi connectivity index (χ4v) is 1.75. The third kappa shape index (κ3) is 2.33. The molecule has 0 saturated carbocycles. The van der Waals surface area contributed by atoms with E-state index in [2.05, 4.69) is 0 Å². The van der Waals surface area contributed by atoms with Crippen molar-refractivity contribution < 1.29 is 24.2 Å². The molecule has 0 bridgehead atoms. The number of aliphatic carboxylic acids is 1. The van der Waals surface area contributed by atoms with E-state index in [1.54, 1.807) is 24.3 Å². The maximum Gasteiger partial charge on any atom is 0.372 e. The van der Waals surface area contributed by atoms with E-state index in [9.17, 15) is 14.4 Å². The fraction of sp³-hybridized carbons (Fsp3) is 0.250. The van der Waals surface area contributed by atoms with Gasteiger partial charge >= 0.3 is 5.97 Å². The van der Waals surface area contributed by atoms with Crippen LogP contribution >= 0.6 is 0 Å². The standard InChI is InChI=1S/C12H10O5/c13-9-5-7(6-10(14)12(15)16)17-11-4-2-1-3-8(9)11/h1-4,7H,5-6H2,(H,15,16). The second-order valence-corrected chi connectivity index (χ2v) is 3.80. The number of rotatable bonds is 3. The van der Waals surface area contributed by atoms with Gasteiger partial charge < -0.3 is 9.84 Å². The summed E-state index contributed by atoms with van der Waals surface area (Å²) in [5.74, 6) is -2.16. The molecule has 0 saturated heterocycles. The molecule has 1 aromatic carbocycles. The van der Waals surface area contributed by atoms with Crippen molar-refractivity contribution in [2.45, 2.75) is 18.9 Å². The van der Waals surface area contributed by atoms with Crippen LogP contribution in [0.1, 0.15) is 23.2 Å². The zero-order valence-electron chi connectivity index (χ0n) is 8.88. The first kappa shape index (κ1) is 11.3. The summed E-state index contributed by atoms with van der Waals surface area (Å²) in [6, 6.07) is 6.72. The van der Waals surface area contributed by atoms with Crippen molar-refractivity contribution in [3.05, 3.63) is 29.8 Å². The molecule has 1 aliphatic heterocycles. The number of ketones is 2. The molecule has 0 amide bonds. The van der Waals surface area contributed by atoms with E-state index in [0.29, 0.717) is 11.3 Å². The van der Waals surface area contributed by atoms with Crippen molar-refractivity contribution in [2.75, 3.05) is 0 Å². The highest BCUT2D eigenvalue weighted by molar-refractivity contribution is 6.32. The molecule has 0 aliphatic carbocycles. The number of ether oxygens (including phenoxy) is 1. The Morgan fingerprint density at radius 3 is 2.76 bits per heavy atom. The van der Waals surface area contributed by atoms with Crippen LogP contribution in [0.5, 0.6) is 5.75 Å². The van der Waals surface area contributed by atoms with Crippen molar-refractivity contribution in [3.63, 3.8) is 0 Å². The zero-order chi connectivity index (χ0) is 12.4. The Kier molecular flexibility index (Phi) is 2.91. The monoisotopic (exact) mass is 234 g/mol. The Labute approximate surface area is 97.0 Å². The predicted molar refractivity (Wildman–Crippen MR) is 57.1 cm³/mol. The Morgan fingerprint density at radius 2 is 2.06 bits per heavy atom. The van der Waals surface area contributed by atoms with Crippen molar-refractivity contribution in [1.29, 1.82) is 0 Å². The Bertz CT molecular complexity index is 491. The maximum absolute atomic E-state index is 11.7. The minimum absolute atomic E-state index is 0.0377. The normalized spacial score (nSPS) is 18.1. The van der Waals surface area contributed by atoms with Crippen LogP contribution in [0, 0.1) is 0 Å². The van der Waals surface area contributed by atoms with Crippen LogP contribution in [-0.4, -0.2) is 28.7 Å². The average molecular weight is 234 g/mol. The van der Waals surface area contributed by atoms with Gasteiger partial charge in [0.1, 0.15) is 11.9 Å². The van der Waals surface area contributed by atoms with Gasteiger partial charge in [0.25, 0.3) is 0 Å². The number of carboxylic acids is 1. The second-order valence-electron chi connectivity index (χ2n) is 3.80. The van der Waals surface area contributed by atoms with E-state index in [1.807, 2.05) is 0 Å². The van der Waals surface area contributed by atoms with Crippen molar-refractivity contribution in [1.82, 2.24) is 0 Å². The summed E-state index contributed by atoms with van der Waals surface area (Å²) in [6.07, 6.45) is -0.924. The van der Waals surface area contributed by atoms with Gasteiger partial charge in [0.15, 0.2) is 5.78 Å². The minimum atomic E-state index is -1.50. The number of carbonyl (C=O) groups excluding carboxylic acids is 2. The van der Waals surface area contributed by atoms with Crippen molar-refractivity contribution in [2.24, 2.45) is 0 Å². The molecular formula is C12H10O5. The lowest BCUT2D eigenvalue weighted by atomic mass is 9.98. The van der Waals surface area contributed by atoms with E-state index >= 15 is 0 Å². The Morgan fingerprint density at radius 1 is 1.35 bits per heavy atom. The van der Waals surface area contributed by atoms with Gasteiger partial charge in [-0.2, -0.15) is 0 Å². The number of hydrogen-bond donors (Lipinski definition) is 1. The van der Waals surface area contributed by atoms with E-state index in [0.717, 1.165) is 0 Å². The summed E-state index contributed by atoms with van der Waals surface area (Å²) in [4.78, 5) is 33.2. The summed E-state index contributed by atoms with van der Waals surface area (Å²) in [7, 11) is 0. The van der Waals surface area contributed by atoms with Crippen LogP contribution in [-0.2, 0) is 9.59 Å². The van der Waals surface area contributed by atoms with Crippen LogP contribution in [0.3, 0.4) is 0 Å². The first-order valence-corrected chi connectivity index (χ1v) is 5.13. The maximum atomic E-state index is 11.7. The molecule has 1 atom stereocenters. The van der Waals surface area contributed by atoms with Gasteiger partial charge in [-0.05, 0) is 12.1 Å². The van der Waals surface area contributed by atoms with Crippen molar-refractivity contribution >= 4 is 17.5 Å². The number of fused-ring (bicyclic) bond motifs is 1. The van der Waals surface area contributed by atoms with Crippen LogP contribution < -0.4 is 4.74 Å². The smallest absolute Gasteiger partial charge is 0.372 e. The SMILES string of the molecule is O=C(O)C(=O)CC1CC(=O)c2ccccc2O1. The fourth-order valence-electron chi connectivity index (χ4n) is 1.75. The summed E-state index contributed by atoms with van der Waals surface area (Å²) in [5.41, 5.74) is 0.478. The van der Waals surface area contributed by atoms with E-state index in [4.69, 9.17) is 9.84 Å². The van der Waals surface area contributed by atoms with Crippen molar-refractivity contribution in [3.8, 4) is 5.75 Å². The Hall–Kier alpha value is -2.17.